The molecule has 1 aromatic carbocycles. The molecular weight excluding hydrogens is 254 g/mol. The minimum atomic E-state index is 0.464. The lowest BCUT2D eigenvalue weighted by atomic mass is 10.1. The molecule has 0 atom stereocenters. The first kappa shape index (κ1) is 11.6. The molecule has 17 heavy (non-hydrogen) atoms. The van der Waals surface area contributed by atoms with Gasteiger partial charge in [0, 0.05) is 16.8 Å². The van der Waals surface area contributed by atoms with E-state index in [9.17, 15) is 0 Å². The molecule has 0 unspecified atom stereocenters. The van der Waals surface area contributed by atoms with E-state index in [1.54, 1.807) is 18.3 Å². The molecular formula is C12H6ClN3S. The number of hydrogen-bond donors (Lipinski definition) is 1. The Morgan fingerprint density at radius 2 is 2.12 bits per heavy atom. The van der Waals surface area contributed by atoms with Gasteiger partial charge in [0.15, 0.2) is 0 Å². The van der Waals surface area contributed by atoms with E-state index in [1.807, 2.05) is 23.6 Å². The summed E-state index contributed by atoms with van der Waals surface area (Å²) in [5.41, 5.74) is 2.07. The molecule has 1 heterocycles. The van der Waals surface area contributed by atoms with Gasteiger partial charge >= 0.3 is 0 Å². The minimum absolute atomic E-state index is 0.464. The summed E-state index contributed by atoms with van der Waals surface area (Å²) < 4.78 is 0. The van der Waals surface area contributed by atoms with Crippen molar-refractivity contribution >= 4 is 23.4 Å². The molecule has 3 nitrogen and oxygen atoms in total. The summed E-state index contributed by atoms with van der Waals surface area (Å²) in [7, 11) is 0. The Hall–Kier alpha value is -1.88. The molecule has 0 spiro atoms. The van der Waals surface area contributed by atoms with E-state index >= 15 is 0 Å². The van der Waals surface area contributed by atoms with Gasteiger partial charge in [0.1, 0.15) is 11.5 Å². The maximum Gasteiger partial charge on any atom is 0.138 e. The van der Waals surface area contributed by atoms with Crippen molar-refractivity contribution < 1.29 is 0 Å². The van der Waals surface area contributed by atoms with Crippen molar-refractivity contribution in [3.8, 4) is 22.7 Å². The van der Waals surface area contributed by atoms with E-state index < -0.39 is 0 Å². The number of nitrogens with zero attached hydrogens (tertiary/aromatic N) is 2. The van der Waals surface area contributed by atoms with E-state index in [0.717, 1.165) is 23.0 Å². The standard InChI is InChI=1S/C12H6ClN3S/c13-10-3-1-2-8(4-10)11-12(17-7-15)9(5-14)6-16-11/h1-4,6,16H. The lowest BCUT2D eigenvalue weighted by molar-refractivity contribution is 1.37. The van der Waals surface area contributed by atoms with Crippen LogP contribution in [0.4, 0.5) is 0 Å². The maximum atomic E-state index is 8.94. The zero-order valence-electron chi connectivity index (χ0n) is 8.57. The number of nitriles is 2. The van der Waals surface area contributed by atoms with Crippen LogP contribution in [0.1, 0.15) is 5.56 Å². The zero-order chi connectivity index (χ0) is 12.3. The van der Waals surface area contributed by atoms with E-state index in [4.69, 9.17) is 22.1 Å². The van der Waals surface area contributed by atoms with Crippen molar-refractivity contribution in [1.82, 2.24) is 4.98 Å². The molecule has 2 aromatic rings. The SMILES string of the molecule is N#CSc1c(C#N)c[nH]c1-c1cccc(Cl)c1. The minimum Gasteiger partial charge on any atom is -0.359 e. The fourth-order valence-corrected chi connectivity index (χ4v) is 2.28. The summed E-state index contributed by atoms with van der Waals surface area (Å²) in [5, 5.41) is 20.3. The van der Waals surface area contributed by atoms with Crippen LogP contribution in [0, 0.1) is 22.0 Å². The van der Waals surface area contributed by atoms with Crippen molar-refractivity contribution in [2.45, 2.75) is 4.90 Å². The first-order valence-electron chi connectivity index (χ1n) is 4.69. The molecule has 0 aliphatic heterocycles. The van der Waals surface area contributed by atoms with Gasteiger partial charge in [-0.15, -0.1) is 0 Å². The van der Waals surface area contributed by atoms with Crippen LogP contribution in [0.2, 0.25) is 5.02 Å². The molecule has 0 fully saturated rings. The normalized spacial score (nSPS) is 9.59. The molecule has 0 saturated carbocycles. The molecule has 0 aliphatic rings. The second-order valence-electron chi connectivity index (χ2n) is 3.22. The van der Waals surface area contributed by atoms with Gasteiger partial charge in [-0.25, -0.2) is 0 Å². The quantitative estimate of drug-likeness (QED) is 0.659. The number of nitrogens with one attached hydrogen (secondary N) is 1. The zero-order valence-corrected chi connectivity index (χ0v) is 10.1. The molecule has 82 valence electrons. The van der Waals surface area contributed by atoms with Crippen molar-refractivity contribution in [3.05, 3.63) is 41.0 Å². The summed E-state index contributed by atoms with van der Waals surface area (Å²) >= 11 is 6.88. The molecule has 0 bridgehead atoms. The summed E-state index contributed by atoms with van der Waals surface area (Å²) in [6.07, 6.45) is 1.59. The third kappa shape index (κ3) is 2.29. The number of rotatable bonds is 2. The third-order valence-electron chi connectivity index (χ3n) is 2.21. The van der Waals surface area contributed by atoms with Gasteiger partial charge < -0.3 is 4.98 Å². The van der Waals surface area contributed by atoms with Gasteiger partial charge in [-0.3, -0.25) is 0 Å². The van der Waals surface area contributed by atoms with Crippen LogP contribution in [0.3, 0.4) is 0 Å². The lowest BCUT2D eigenvalue weighted by Gasteiger charge is -2.01. The van der Waals surface area contributed by atoms with E-state index in [1.165, 1.54) is 0 Å². The molecule has 2 rings (SSSR count). The van der Waals surface area contributed by atoms with E-state index in [-0.39, 0.29) is 0 Å². The first-order chi connectivity index (χ1) is 8.26. The van der Waals surface area contributed by atoms with Crippen molar-refractivity contribution in [2.75, 3.05) is 0 Å². The fourth-order valence-electron chi connectivity index (χ4n) is 1.50. The largest absolute Gasteiger partial charge is 0.359 e. The third-order valence-corrected chi connectivity index (χ3v) is 3.17. The van der Waals surface area contributed by atoms with Gasteiger partial charge in [-0.2, -0.15) is 10.5 Å². The van der Waals surface area contributed by atoms with Crippen LogP contribution in [-0.4, -0.2) is 4.98 Å². The van der Waals surface area contributed by atoms with Gasteiger partial charge in [0.2, 0.25) is 0 Å². The highest BCUT2D eigenvalue weighted by atomic mass is 35.5. The fraction of sp³-hybridized carbons (Fsp3) is 0. The number of aromatic nitrogens is 1. The van der Waals surface area contributed by atoms with Crippen molar-refractivity contribution in [1.29, 1.82) is 10.5 Å². The Kier molecular flexibility index (Phi) is 3.39. The number of H-pyrrole nitrogens is 1. The monoisotopic (exact) mass is 259 g/mol. The average Bonchev–Trinajstić information content (AvgIpc) is 2.72. The van der Waals surface area contributed by atoms with E-state index in [2.05, 4.69) is 4.98 Å². The van der Waals surface area contributed by atoms with Gasteiger partial charge in [0.05, 0.1) is 16.2 Å². The molecule has 0 radical (unpaired) electrons. The number of benzene rings is 1. The van der Waals surface area contributed by atoms with Crippen LogP contribution in [0.5, 0.6) is 0 Å². The molecule has 0 saturated heterocycles. The Bertz CT molecular complexity index is 634. The number of halogens is 1. The number of thiocyanates is 1. The van der Waals surface area contributed by atoms with Gasteiger partial charge in [-0.05, 0) is 23.9 Å². The van der Waals surface area contributed by atoms with Crippen molar-refractivity contribution in [3.63, 3.8) is 0 Å². The average molecular weight is 260 g/mol. The van der Waals surface area contributed by atoms with Crippen LogP contribution in [0.25, 0.3) is 11.3 Å². The van der Waals surface area contributed by atoms with Crippen LogP contribution in [0.15, 0.2) is 35.4 Å². The van der Waals surface area contributed by atoms with Crippen LogP contribution < -0.4 is 0 Å². The van der Waals surface area contributed by atoms with Crippen LogP contribution >= 0.6 is 23.4 Å². The smallest absolute Gasteiger partial charge is 0.138 e. The van der Waals surface area contributed by atoms with E-state index in [0.29, 0.717) is 15.5 Å². The summed E-state index contributed by atoms with van der Waals surface area (Å²) in [5.74, 6) is 0. The number of thioether (sulfide) groups is 1. The van der Waals surface area contributed by atoms with Crippen molar-refractivity contribution in [2.24, 2.45) is 0 Å². The summed E-state index contributed by atoms with van der Waals surface area (Å²) in [6, 6.07) is 9.31. The Morgan fingerprint density at radius 3 is 2.76 bits per heavy atom. The predicted molar refractivity (Wildman–Crippen MR) is 67.4 cm³/mol. The van der Waals surface area contributed by atoms with Gasteiger partial charge in [-0.1, -0.05) is 23.7 Å². The summed E-state index contributed by atoms with van der Waals surface area (Å²) in [6.45, 7) is 0. The Morgan fingerprint density at radius 1 is 1.29 bits per heavy atom. The first-order valence-corrected chi connectivity index (χ1v) is 5.89. The lowest BCUT2D eigenvalue weighted by Crippen LogP contribution is -1.80. The summed E-state index contributed by atoms with van der Waals surface area (Å²) in [4.78, 5) is 3.64. The Labute approximate surface area is 108 Å². The molecule has 0 amide bonds. The molecule has 1 aromatic heterocycles. The van der Waals surface area contributed by atoms with Crippen LogP contribution in [-0.2, 0) is 0 Å². The number of hydrogen-bond acceptors (Lipinski definition) is 3. The maximum absolute atomic E-state index is 8.94. The predicted octanol–water partition coefficient (Wildman–Crippen LogP) is 3.78. The second-order valence-corrected chi connectivity index (χ2v) is 4.45. The molecule has 5 heteroatoms. The molecule has 0 aliphatic carbocycles. The highest BCUT2D eigenvalue weighted by Crippen LogP contribution is 2.33. The second kappa shape index (κ2) is 4.97. The highest BCUT2D eigenvalue weighted by molar-refractivity contribution is 8.03. The Balaban J connectivity index is 2.57. The van der Waals surface area contributed by atoms with Gasteiger partial charge in [0.25, 0.3) is 0 Å². The molecule has 1 N–H and O–H groups in total. The highest BCUT2D eigenvalue weighted by Gasteiger charge is 2.13. The topological polar surface area (TPSA) is 63.4 Å². The number of aromatic amines is 1.